The quantitative estimate of drug-likeness (QED) is 0.588. The van der Waals surface area contributed by atoms with Crippen LogP contribution < -0.4 is 9.88 Å². The van der Waals surface area contributed by atoms with Gasteiger partial charge in [-0.15, -0.1) is 0 Å². The molecule has 0 bridgehead atoms. The molecule has 0 atom stereocenters. The van der Waals surface area contributed by atoms with E-state index in [1.807, 2.05) is 0 Å². The summed E-state index contributed by atoms with van der Waals surface area (Å²) in [5.74, 6) is -0.364. The number of benzene rings is 1. The van der Waals surface area contributed by atoms with Crippen molar-refractivity contribution >= 4 is 15.8 Å². The summed E-state index contributed by atoms with van der Waals surface area (Å²) in [7, 11) is -3.54. The predicted octanol–water partition coefficient (Wildman–Crippen LogP) is 3.46. The van der Waals surface area contributed by atoms with Crippen LogP contribution in [0.3, 0.4) is 0 Å². The van der Waals surface area contributed by atoms with Crippen molar-refractivity contribution in [2.24, 2.45) is 5.14 Å². The molecule has 0 amide bonds. The molecule has 2 rings (SSSR count). The Balaban J connectivity index is 1.99. The summed E-state index contributed by atoms with van der Waals surface area (Å²) in [4.78, 5) is 15.9. The van der Waals surface area contributed by atoms with Gasteiger partial charge >= 0.3 is 6.18 Å². The van der Waals surface area contributed by atoms with Crippen LogP contribution in [-0.2, 0) is 40.3 Å². The molecule has 0 aliphatic carbocycles. The zero-order valence-corrected chi connectivity index (χ0v) is 18.1. The molecular weight excluding hydrogens is 433 g/mol. The number of alkyl halides is 3. The second-order valence-electron chi connectivity index (χ2n) is 7.47. The van der Waals surface area contributed by atoms with Crippen molar-refractivity contribution in [2.45, 2.75) is 51.8 Å². The zero-order chi connectivity index (χ0) is 23.2. The smallest absolute Gasteiger partial charge is 0.433 e. The Morgan fingerprint density at radius 1 is 1.06 bits per heavy atom. The number of carbonyl (C=O) groups is 1. The summed E-state index contributed by atoms with van der Waals surface area (Å²) in [6, 6.07) is 9.13. The first kappa shape index (κ1) is 24.8. The van der Waals surface area contributed by atoms with Gasteiger partial charge in [-0.25, -0.2) is 18.5 Å². The van der Waals surface area contributed by atoms with Gasteiger partial charge in [-0.2, -0.15) is 13.2 Å². The number of nitrogens with two attached hydrogens (primary N) is 1. The second kappa shape index (κ2) is 10.2. The number of hydrogen-bond acceptors (Lipinski definition) is 5. The minimum atomic E-state index is -4.58. The van der Waals surface area contributed by atoms with Crippen LogP contribution in [0.1, 0.15) is 42.7 Å². The fourth-order valence-electron chi connectivity index (χ4n) is 2.82. The number of sulfonamides is 1. The van der Waals surface area contributed by atoms with Gasteiger partial charge in [0.25, 0.3) is 0 Å². The monoisotopic (exact) mass is 458 g/mol. The van der Waals surface area contributed by atoms with Gasteiger partial charge in [-0.3, -0.25) is 4.79 Å². The highest BCUT2D eigenvalue weighted by Crippen LogP contribution is 2.31. The maximum atomic E-state index is 12.9. The highest BCUT2D eigenvalue weighted by molar-refractivity contribution is 7.89. The Kier molecular flexibility index (Phi) is 8.19. The molecule has 170 valence electrons. The lowest BCUT2D eigenvalue weighted by Crippen LogP contribution is -2.17. The van der Waals surface area contributed by atoms with Crippen molar-refractivity contribution in [1.29, 1.82) is 0 Å². The molecule has 0 radical (unpaired) electrons. The van der Waals surface area contributed by atoms with Crippen LogP contribution in [0, 0.1) is 0 Å². The summed E-state index contributed by atoms with van der Waals surface area (Å²) in [6.07, 6.45) is -4.17. The van der Waals surface area contributed by atoms with E-state index in [4.69, 9.17) is 9.88 Å². The number of carbonyl (C=O) groups excluding carboxylic acids is 1. The molecule has 0 saturated heterocycles. The Bertz CT molecular complexity index is 1000. The molecule has 1 heterocycles. The van der Waals surface area contributed by atoms with Gasteiger partial charge in [0.2, 0.25) is 15.9 Å². The maximum absolute atomic E-state index is 12.9. The van der Waals surface area contributed by atoms with Crippen LogP contribution in [0.25, 0.3) is 0 Å². The van der Waals surface area contributed by atoms with E-state index in [1.165, 1.54) is 6.07 Å². The van der Waals surface area contributed by atoms with E-state index in [0.717, 1.165) is 17.2 Å². The fraction of sp³-hybridized carbons (Fsp3) is 0.429. The van der Waals surface area contributed by atoms with Gasteiger partial charge in [0.05, 0.1) is 11.9 Å². The Labute approximate surface area is 179 Å². The van der Waals surface area contributed by atoms with E-state index in [-0.39, 0.29) is 49.2 Å². The molecule has 0 fully saturated rings. The summed E-state index contributed by atoms with van der Waals surface area (Å²) in [5, 5.41) is 4.99. The number of aromatic nitrogens is 1. The van der Waals surface area contributed by atoms with Crippen molar-refractivity contribution in [2.75, 3.05) is 5.75 Å². The third-order valence-corrected chi connectivity index (χ3v) is 5.12. The molecule has 31 heavy (non-hydrogen) atoms. The van der Waals surface area contributed by atoms with E-state index in [1.54, 1.807) is 38.1 Å². The van der Waals surface area contributed by atoms with Gasteiger partial charge in [0.1, 0.15) is 11.5 Å². The normalized spacial score (nSPS) is 12.2. The average molecular weight is 459 g/mol. The lowest BCUT2D eigenvalue weighted by atomic mass is 10.0. The summed E-state index contributed by atoms with van der Waals surface area (Å²) in [5.41, 5.74) is 0.944. The molecule has 0 saturated carbocycles. The second-order valence-corrected chi connectivity index (χ2v) is 9.21. The van der Waals surface area contributed by atoms with Gasteiger partial charge in [0, 0.05) is 18.4 Å². The number of rotatable bonds is 10. The van der Waals surface area contributed by atoms with Crippen LogP contribution in [0.2, 0.25) is 0 Å². The molecular formula is C21H25F3N2O4S. The molecule has 2 N–H and O–H groups in total. The standard InChI is InChI=1S/C21H25F3N2O4S/c1-14(2)30-20-17(8-10-19(26-20)21(22,23)24)7-9-18(27)13-16-5-3-15(4-6-16)11-12-31(25,28)29/h3-6,8,10,14H,7,9,11-13H2,1-2H3,(H2,25,28,29). The van der Waals surface area contributed by atoms with E-state index in [2.05, 4.69) is 4.98 Å². The first-order valence-corrected chi connectivity index (χ1v) is 11.4. The SMILES string of the molecule is CC(C)Oc1nc(C(F)(F)F)ccc1CCC(=O)Cc1ccc(CCS(N)(=O)=O)cc1. The largest absolute Gasteiger partial charge is 0.475 e. The Hall–Kier alpha value is -2.46. The Morgan fingerprint density at radius 3 is 2.23 bits per heavy atom. The number of ether oxygens (including phenoxy) is 1. The first-order valence-electron chi connectivity index (χ1n) is 9.67. The number of primary sulfonamides is 1. The minimum Gasteiger partial charge on any atom is -0.475 e. The van der Waals surface area contributed by atoms with E-state index >= 15 is 0 Å². The van der Waals surface area contributed by atoms with Gasteiger partial charge in [0.15, 0.2) is 0 Å². The third kappa shape index (κ3) is 8.66. The summed E-state index contributed by atoms with van der Waals surface area (Å²) in [6.45, 7) is 3.37. The minimum absolute atomic E-state index is 0.0901. The lowest BCUT2D eigenvalue weighted by Gasteiger charge is -2.15. The number of nitrogens with zero attached hydrogens (tertiary/aromatic N) is 1. The van der Waals surface area contributed by atoms with Crippen LogP contribution in [0.4, 0.5) is 13.2 Å². The zero-order valence-electron chi connectivity index (χ0n) is 17.3. The highest BCUT2D eigenvalue weighted by atomic mass is 32.2. The average Bonchev–Trinajstić information content (AvgIpc) is 2.64. The van der Waals surface area contributed by atoms with Crippen molar-refractivity contribution < 1.29 is 31.1 Å². The first-order chi connectivity index (χ1) is 14.3. The number of aryl methyl sites for hydroxylation is 2. The molecule has 1 aromatic heterocycles. The van der Waals surface area contributed by atoms with E-state index < -0.39 is 21.9 Å². The van der Waals surface area contributed by atoms with E-state index in [9.17, 15) is 26.4 Å². The van der Waals surface area contributed by atoms with Crippen LogP contribution in [0.5, 0.6) is 5.88 Å². The van der Waals surface area contributed by atoms with Crippen LogP contribution >= 0.6 is 0 Å². The fourth-order valence-corrected chi connectivity index (χ4v) is 3.34. The van der Waals surface area contributed by atoms with Crippen molar-refractivity contribution in [1.82, 2.24) is 4.98 Å². The van der Waals surface area contributed by atoms with Crippen LogP contribution in [0.15, 0.2) is 36.4 Å². The topological polar surface area (TPSA) is 99.3 Å². The number of halogens is 3. The van der Waals surface area contributed by atoms with Crippen molar-refractivity contribution in [3.8, 4) is 5.88 Å². The summed E-state index contributed by atoms with van der Waals surface area (Å²) >= 11 is 0. The van der Waals surface area contributed by atoms with Gasteiger partial charge in [-0.1, -0.05) is 30.3 Å². The van der Waals surface area contributed by atoms with Crippen LogP contribution in [-0.4, -0.2) is 31.0 Å². The molecule has 2 aromatic rings. The number of Topliss-reactive ketones (excluding diaryl/α,β-unsaturated/α-hetero) is 1. The summed E-state index contributed by atoms with van der Waals surface area (Å²) < 4.78 is 66.2. The Morgan fingerprint density at radius 2 is 1.68 bits per heavy atom. The molecule has 0 spiro atoms. The third-order valence-electron chi connectivity index (χ3n) is 4.35. The number of pyridine rings is 1. The van der Waals surface area contributed by atoms with E-state index in [0.29, 0.717) is 5.56 Å². The predicted molar refractivity (Wildman–Crippen MR) is 110 cm³/mol. The molecule has 0 aliphatic rings. The highest BCUT2D eigenvalue weighted by Gasteiger charge is 2.33. The van der Waals surface area contributed by atoms with Crippen molar-refractivity contribution in [3.05, 3.63) is 58.8 Å². The molecule has 1 aromatic carbocycles. The molecule has 10 heteroatoms. The van der Waals surface area contributed by atoms with Gasteiger partial charge < -0.3 is 4.74 Å². The molecule has 0 unspecified atom stereocenters. The number of ketones is 1. The maximum Gasteiger partial charge on any atom is 0.433 e. The molecule has 6 nitrogen and oxygen atoms in total. The van der Waals surface area contributed by atoms with Gasteiger partial charge in [-0.05, 0) is 43.9 Å². The lowest BCUT2D eigenvalue weighted by molar-refractivity contribution is -0.141. The number of hydrogen-bond donors (Lipinski definition) is 1. The van der Waals surface area contributed by atoms with Crippen molar-refractivity contribution in [3.63, 3.8) is 0 Å². The molecule has 0 aliphatic heterocycles.